The van der Waals surface area contributed by atoms with E-state index in [1.165, 1.54) is 51.7 Å². The molecule has 2 fully saturated rings. The van der Waals surface area contributed by atoms with Gasteiger partial charge in [-0.1, -0.05) is 12.8 Å². The standard InChI is InChI=1S/C32H40N18O4/c1-47-29(17(14-39-47)31(51)53-3)43-41-25-23(19-9-5-7-11-35-19)45-49(27(25)33)21-13-22(38-16-37-21)50-28(34)26(24(46-50)20-10-6-8-12-36-20)42-44-30-18(32(52)54-4)15-40-48(30)2/h13-16,19-20,35-36H,5-12,33-34H2,1-4H3/b43-41+,44-42+. The first-order valence-corrected chi connectivity index (χ1v) is 17.3. The highest BCUT2D eigenvalue weighted by Crippen LogP contribution is 2.39. The normalized spacial score (nSPS) is 17.8. The number of carbonyl (C=O) groups excluding carboxylic acids is 2. The van der Waals surface area contributed by atoms with Crippen molar-refractivity contribution in [2.45, 2.75) is 50.6 Å². The van der Waals surface area contributed by atoms with Gasteiger partial charge in [-0.05, 0) is 38.8 Å². The summed E-state index contributed by atoms with van der Waals surface area (Å²) >= 11 is 0. The predicted molar refractivity (Wildman–Crippen MR) is 192 cm³/mol. The van der Waals surface area contributed by atoms with Crippen molar-refractivity contribution in [3.63, 3.8) is 0 Å². The second-order valence-corrected chi connectivity index (χ2v) is 12.7. The van der Waals surface area contributed by atoms with E-state index in [9.17, 15) is 9.59 Å². The van der Waals surface area contributed by atoms with Crippen molar-refractivity contribution >= 4 is 46.6 Å². The fourth-order valence-electron chi connectivity index (χ4n) is 6.45. The van der Waals surface area contributed by atoms with Crippen LogP contribution in [-0.2, 0) is 23.6 Å². The first-order valence-electron chi connectivity index (χ1n) is 17.3. The Labute approximate surface area is 308 Å². The van der Waals surface area contributed by atoms with Gasteiger partial charge in [0, 0.05) is 20.2 Å². The molecule has 0 bridgehead atoms. The summed E-state index contributed by atoms with van der Waals surface area (Å²) in [6.45, 7) is 1.59. The number of aryl methyl sites for hydroxylation is 2. The van der Waals surface area contributed by atoms with E-state index in [-0.39, 0.29) is 46.5 Å². The predicted octanol–water partition coefficient (Wildman–Crippen LogP) is 3.51. The van der Waals surface area contributed by atoms with Crippen molar-refractivity contribution in [3.05, 3.63) is 47.3 Å². The van der Waals surface area contributed by atoms with Gasteiger partial charge in [-0.2, -0.15) is 29.8 Å². The highest BCUT2D eigenvalue weighted by atomic mass is 16.5. The van der Waals surface area contributed by atoms with Crippen molar-refractivity contribution in [1.29, 1.82) is 0 Å². The maximum atomic E-state index is 12.4. The minimum absolute atomic E-state index is 0.148. The number of carbonyl (C=O) groups is 2. The van der Waals surface area contributed by atoms with Crippen molar-refractivity contribution in [2.75, 3.05) is 38.8 Å². The highest BCUT2D eigenvalue weighted by molar-refractivity contribution is 5.94. The van der Waals surface area contributed by atoms with E-state index in [0.29, 0.717) is 34.4 Å². The van der Waals surface area contributed by atoms with Crippen LogP contribution < -0.4 is 22.1 Å². The number of piperidine rings is 2. The van der Waals surface area contributed by atoms with E-state index >= 15 is 0 Å². The second kappa shape index (κ2) is 15.3. The maximum absolute atomic E-state index is 12.4. The average molecular weight is 741 g/mol. The van der Waals surface area contributed by atoms with Crippen LogP contribution in [0.15, 0.2) is 45.2 Å². The molecule has 7 heterocycles. The first-order chi connectivity index (χ1) is 26.2. The molecule has 282 valence electrons. The number of methoxy groups -OCH3 is 2. The number of nitrogens with one attached hydrogen (secondary N) is 2. The average Bonchev–Trinajstić information content (AvgIpc) is 3.95. The van der Waals surface area contributed by atoms with Crippen LogP contribution in [-0.4, -0.2) is 88.3 Å². The lowest BCUT2D eigenvalue weighted by atomic mass is 10.0. The van der Waals surface area contributed by atoms with Crippen LogP contribution in [0.25, 0.3) is 11.6 Å². The van der Waals surface area contributed by atoms with Gasteiger partial charge in [0.1, 0.15) is 28.8 Å². The van der Waals surface area contributed by atoms with Gasteiger partial charge in [-0.15, -0.1) is 20.5 Å². The molecule has 5 aromatic rings. The number of hydrogen-bond acceptors (Lipinski definition) is 18. The molecule has 7 rings (SSSR count). The molecule has 2 unspecified atom stereocenters. The summed E-state index contributed by atoms with van der Waals surface area (Å²) in [7, 11) is 5.84. The third-order valence-corrected chi connectivity index (χ3v) is 9.31. The van der Waals surface area contributed by atoms with Gasteiger partial charge in [0.05, 0.1) is 38.7 Å². The first kappa shape index (κ1) is 36.0. The molecule has 0 saturated carbocycles. The molecule has 5 aromatic heterocycles. The fourth-order valence-corrected chi connectivity index (χ4v) is 6.45. The number of rotatable bonds is 10. The summed E-state index contributed by atoms with van der Waals surface area (Å²) in [6, 6.07) is 1.31. The lowest BCUT2D eigenvalue weighted by Crippen LogP contribution is -2.27. The zero-order valence-corrected chi connectivity index (χ0v) is 30.2. The quantitative estimate of drug-likeness (QED) is 0.118. The molecule has 0 radical (unpaired) electrons. The van der Waals surface area contributed by atoms with Crippen molar-refractivity contribution < 1.29 is 19.1 Å². The Morgan fingerprint density at radius 2 is 1.17 bits per heavy atom. The van der Waals surface area contributed by atoms with Crippen LogP contribution in [0.3, 0.4) is 0 Å². The largest absolute Gasteiger partial charge is 0.465 e. The van der Waals surface area contributed by atoms with Crippen LogP contribution in [0, 0.1) is 0 Å². The molecule has 2 aliphatic heterocycles. The van der Waals surface area contributed by atoms with Crippen molar-refractivity contribution in [3.8, 4) is 11.6 Å². The van der Waals surface area contributed by atoms with Gasteiger partial charge in [0.25, 0.3) is 0 Å². The summed E-state index contributed by atoms with van der Waals surface area (Å²) in [6.07, 6.45) is 9.68. The third-order valence-electron chi connectivity index (χ3n) is 9.31. The Bertz CT molecular complexity index is 2080. The summed E-state index contributed by atoms with van der Waals surface area (Å²) in [5.74, 6) is 0.0971. The molecule has 0 amide bonds. The summed E-state index contributed by atoms with van der Waals surface area (Å²) < 4.78 is 15.5. The van der Waals surface area contributed by atoms with Gasteiger partial charge in [0.2, 0.25) is 0 Å². The van der Waals surface area contributed by atoms with Gasteiger partial charge in [0.15, 0.2) is 46.3 Å². The van der Waals surface area contributed by atoms with Crippen LogP contribution in [0.2, 0.25) is 0 Å². The number of anilines is 2. The Kier molecular flexibility index (Phi) is 10.2. The Balaban J connectivity index is 1.30. The molecule has 54 heavy (non-hydrogen) atoms. The van der Waals surface area contributed by atoms with Crippen LogP contribution >= 0.6 is 0 Å². The molecular formula is C32H40N18O4. The highest BCUT2D eigenvalue weighted by Gasteiger charge is 2.29. The molecule has 0 aliphatic carbocycles. The summed E-state index contributed by atoms with van der Waals surface area (Å²) in [5.41, 5.74) is 15.5. The number of aromatic nitrogens is 10. The molecule has 0 spiro atoms. The topological polar surface area (TPSA) is 275 Å². The molecule has 2 aliphatic rings. The van der Waals surface area contributed by atoms with Gasteiger partial charge in [-0.3, -0.25) is 0 Å². The SMILES string of the molecule is COC(=O)c1cnn(C)c1/N=N/c1c(C2CCCCN2)nn(-c2cc(-n3nc(C4CCCCN4)c(/N=N/c4c(C(=O)OC)cnn4C)c3N)ncn2)c1N. The minimum Gasteiger partial charge on any atom is -0.465 e. The molecule has 22 nitrogen and oxygen atoms in total. The van der Waals surface area contributed by atoms with E-state index < -0.39 is 11.9 Å². The Morgan fingerprint density at radius 3 is 1.56 bits per heavy atom. The molecule has 0 aromatic carbocycles. The van der Waals surface area contributed by atoms with Crippen molar-refractivity contribution in [1.82, 2.24) is 59.7 Å². The molecule has 22 heteroatoms. The number of ether oxygens (including phenoxy) is 2. The fraction of sp³-hybridized carbons (Fsp3) is 0.438. The minimum atomic E-state index is -0.601. The summed E-state index contributed by atoms with van der Waals surface area (Å²) in [5, 5.41) is 42.7. The zero-order chi connectivity index (χ0) is 37.9. The van der Waals surface area contributed by atoms with Crippen LogP contribution in [0.1, 0.15) is 82.7 Å². The molecule has 2 atom stereocenters. The van der Waals surface area contributed by atoms with E-state index in [4.69, 9.17) is 31.1 Å². The molecular weight excluding hydrogens is 700 g/mol. The van der Waals surface area contributed by atoms with Gasteiger partial charge >= 0.3 is 11.9 Å². The lowest BCUT2D eigenvalue weighted by molar-refractivity contribution is 0.0592. The monoisotopic (exact) mass is 740 g/mol. The number of nitrogens with two attached hydrogens (primary N) is 2. The van der Waals surface area contributed by atoms with E-state index in [2.05, 4.69) is 51.3 Å². The molecule has 2 saturated heterocycles. The lowest BCUT2D eigenvalue weighted by Gasteiger charge is -2.21. The van der Waals surface area contributed by atoms with E-state index in [1.54, 1.807) is 20.2 Å². The zero-order valence-electron chi connectivity index (χ0n) is 30.2. The summed E-state index contributed by atoms with van der Waals surface area (Å²) in [4.78, 5) is 33.7. The van der Waals surface area contributed by atoms with Crippen LogP contribution in [0.5, 0.6) is 0 Å². The van der Waals surface area contributed by atoms with Crippen molar-refractivity contribution in [2.24, 2.45) is 34.6 Å². The number of hydrogen-bond donors (Lipinski definition) is 4. The molecule has 6 N–H and O–H groups in total. The van der Waals surface area contributed by atoms with Gasteiger partial charge < -0.3 is 31.6 Å². The Hall–Kier alpha value is -6.42. The third kappa shape index (κ3) is 6.78. The maximum Gasteiger partial charge on any atom is 0.343 e. The van der Waals surface area contributed by atoms with Gasteiger partial charge in [-0.25, -0.2) is 28.9 Å². The second-order valence-electron chi connectivity index (χ2n) is 12.7. The number of azo groups is 2. The number of nitrogen functional groups attached to an aromatic ring is 2. The smallest absolute Gasteiger partial charge is 0.343 e. The van der Waals surface area contributed by atoms with E-state index in [1.807, 2.05) is 0 Å². The number of esters is 2. The number of nitrogens with zero attached hydrogens (tertiary/aromatic N) is 14. The Morgan fingerprint density at radius 1 is 0.722 bits per heavy atom. The van der Waals surface area contributed by atoms with E-state index in [0.717, 1.165) is 51.6 Å². The van der Waals surface area contributed by atoms with Crippen LogP contribution in [0.4, 0.5) is 34.6 Å².